The first kappa shape index (κ1) is 14.8. The van der Waals surface area contributed by atoms with Crippen molar-refractivity contribution < 1.29 is 0 Å². The molecule has 0 aliphatic rings. The molecule has 0 bridgehead atoms. The van der Waals surface area contributed by atoms with Gasteiger partial charge in [0.15, 0.2) is 0 Å². The predicted molar refractivity (Wildman–Crippen MR) is 107 cm³/mol. The van der Waals surface area contributed by atoms with Crippen LogP contribution in [0.25, 0.3) is 39.0 Å². The fourth-order valence-corrected chi connectivity index (χ4v) is 3.48. The minimum Gasteiger partial charge on any atom is -0.278 e. The van der Waals surface area contributed by atoms with Gasteiger partial charge in [0.2, 0.25) is 5.95 Å². The molecule has 0 unspecified atom stereocenters. The lowest BCUT2D eigenvalue weighted by Crippen LogP contribution is -2.01. The fraction of sp³-hybridized carbons (Fsp3) is 0.0435. The Hall–Kier alpha value is -3.46. The van der Waals surface area contributed by atoms with Gasteiger partial charge in [-0.25, -0.2) is 9.97 Å². The Balaban J connectivity index is 1.78. The van der Waals surface area contributed by atoms with Crippen LogP contribution in [0.5, 0.6) is 0 Å². The van der Waals surface area contributed by atoms with Crippen molar-refractivity contribution in [1.29, 1.82) is 0 Å². The third-order valence-corrected chi connectivity index (χ3v) is 4.77. The molecule has 124 valence electrons. The van der Waals surface area contributed by atoms with Gasteiger partial charge in [-0.3, -0.25) is 4.57 Å². The molecule has 0 N–H and O–H groups in total. The standard InChI is InChI=1S/C23H17N3/c1-16-10-12-17(13-11-16)20-14-15-24-23(25-20)26-21-8-4-2-6-18(21)19-7-3-5-9-22(19)26/h2-15H,1H3. The molecule has 3 aromatic carbocycles. The molecule has 5 aromatic rings. The van der Waals surface area contributed by atoms with Crippen molar-refractivity contribution in [2.45, 2.75) is 6.92 Å². The third kappa shape index (κ3) is 2.29. The summed E-state index contributed by atoms with van der Waals surface area (Å²) in [4.78, 5) is 9.44. The van der Waals surface area contributed by atoms with E-state index in [0.717, 1.165) is 22.3 Å². The largest absolute Gasteiger partial charge is 0.278 e. The first-order valence-electron chi connectivity index (χ1n) is 8.70. The van der Waals surface area contributed by atoms with Crippen LogP contribution in [-0.4, -0.2) is 14.5 Å². The highest BCUT2D eigenvalue weighted by Crippen LogP contribution is 2.31. The molecule has 0 radical (unpaired) electrons. The molecular weight excluding hydrogens is 318 g/mol. The highest BCUT2D eigenvalue weighted by atomic mass is 15.2. The number of hydrogen-bond acceptors (Lipinski definition) is 2. The number of para-hydroxylation sites is 2. The summed E-state index contributed by atoms with van der Waals surface area (Å²) in [5.41, 5.74) is 5.51. The van der Waals surface area contributed by atoms with Crippen molar-refractivity contribution in [2.75, 3.05) is 0 Å². The number of aromatic nitrogens is 3. The number of hydrogen-bond donors (Lipinski definition) is 0. The zero-order valence-electron chi connectivity index (χ0n) is 14.4. The Kier molecular flexibility index (Phi) is 3.32. The highest BCUT2D eigenvalue weighted by Gasteiger charge is 2.13. The maximum atomic E-state index is 4.87. The van der Waals surface area contributed by atoms with Gasteiger partial charge in [-0.15, -0.1) is 0 Å². The van der Waals surface area contributed by atoms with Crippen LogP contribution in [0.4, 0.5) is 0 Å². The van der Waals surface area contributed by atoms with Crippen LogP contribution in [-0.2, 0) is 0 Å². The van der Waals surface area contributed by atoms with E-state index in [-0.39, 0.29) is 0 Å². The SMILES string of the molecule is Cc1ccc(-c2ccnc(-n3c4ccccc4c4ccccc43)n2)cc1. The van der Waals surface area contributed by atoms with Crippen molar-refractivity contribution in [3.05, 3.63) is 90.6 Å². The monoisotopic (exact) mass is 335 g/mol. The highest BCUT2D eigenvalue weighted by molar-refractivity contribution is 6.08. The lowest BCUT2D eigenvalue weighted by Gasteiger charge is -2.08. The van der Waals surface area contributed by atoms with Gasteiger partial charge >= 0.3 is 0 Å². The van der Waals surface area contributed by atoms with Crippen LogP contribution in [0.1, 0.15) is 5.56 Å². The predicted octanol–water partition coefficient (Wildman–Crippen LogP) is 5.55. The summed E-state index contributed by atoms with van der Waals surface area (Å²) in [5.74, 6) is 0.695. The van der Waals surface area contributed by atoms with Gasteiger partial charge in [0.05, 0.1) is 16.7 Å². The quantitative estimate of drug-likeness (QED) is 0.423. The average Bonchev–Trinajstić information content (AvgIpc) is 3.03. The van der Waals surface area contributed by atoms with Crippen LogP contribution in [0.15, 0.2) is 85.1 Å². The number of benzene rings is 3. The molecule has 0 aliphatic carbocycles. The number of rotatable bonds is 2. The Morgan fingerprint density at radius 3 is 1.96 bits per heavy atom. The molecule has 3 nitrogen and oxygen atoms in total. The molecule has 5 rings (SSSR count). The van der Waals surface area contributed by atoms with Crippen LogP contribution in [0, 0.1) is 6.92 Å². The minimum atomic E-state index is 0.695. The van der Waals surface area contributed by atoms with E-state index in [1.807, 2.05) is 12.3 Å². The van der Waals surface area contributed by atoms with Crippen molar-refractivity contribution in [3.8, 4) is 17.2 Å². The summed E-state index contributed by atoms with van der Waals surface area (Å²) in [6.45, 7) is 2.09. The first-order chi connectivity index (χ1) is 12.8. The normalized spacial score (nSPS) is 11.3. The lowest BCUT2D eigenvalue weighted by molar-refractivity contribution is 0.992. The lowest BCUT2D eigenvalue weighted by atomic mass is 10.1. The molecule has 26 heavy (non-hydrogen) atoms. The maximum absolute atomic E-state index is 4.87. The average molecular weight is 335 g/mol. The van der Waals surface area contributed by atoms with Crippen molar-refractivity contribution in [1.82, 2.24) is 14.5 Å². The van der Waals surface area contributed by atoms with E-state index in [4.69, 9.17) is 4.98 Å². The van der Waals surface area contributed by atoms with E-state index >= 15 is 0 Å². The van der Waals surface area contributed by atoms with Gasteiger partial charge in [0.25, 0.3) is 0 Å². The zero-order valence-corrected chi connectivity index (χ0v) is 14.4. The van der Waals surface area contributed by atoms with Gasteiger partial charge in [-0.2, -0.15) is 0 Å². The van der Waals surface area contributed by atoms with E-state index in [1.54, 1.807) is 0 Å². The topological polar surface area (TPSA) is 30.7 Å². The van der Waals surface area contributed by atoms with Gasteiger partial charge in [-0.05, 0) is 25.1 Å². The summed E-state index contributed by atoms with van der Waals surface area (Å²) in [6, 6.07) is 27.2. The second-order valence-corrected chi connectivity index (χ2v) is 6.48. The summed E-state index contributed by atoms with van der Waals surface area (Å²) >= 11 is 0. The smallest absolute Gasteiger partial charge is 0.235 e. The Morgan fingerprint density at radius 2 is 1.31 bits per heavy atom. The Morgan fingerprint density at radius 1 is 0.692 bits per heavy atom. The van der Waals surface area contributed by atoms with Gasteiger partial charge < -0.3 is 0 Å². The molecule has 0 fully saturated rings. The fourth-order valence-electron chi connectivity index (χ4n) is 3.48. The van der Waals surface area contributed by atoms with E-state index < -0.39 is 0 Å². The number of aryl methyl sites for hydroxylation is 1. The molecular formula is C23H17N3. The molecule has 0 atom stereocenters. The molecule has 0 aliphatic heterocycles. The van der Waals surface area contributed by atoms with Crippen LogP contribution in [0.3, 0.4) is 0 Å². The molecule has 0 saturated heterocycles. The van der Waals surface area contributed by atoms with E-state index in [0.29, 0.717) is 5.95 Å². The molecule has 0 amide bonds. The van der Waals surface area contributed by atoms with E-state index in [9.17, 15) is 0 Å². The Bertz CT molecular complexity index is 1180. The van der Waals surface area contributed by atoms with Crippen molar-refractivity contribution in [2.24, 2.45) is 0 Å². The van der Waals surface area contributed by atoms with Gasteiger partial charge in [0.1, 0.15) is 0 Å². The summed E-state index contributed by atoms with van der Waals surface area (Å²) in [6.07, 6.45) is 1.83. The second kappa shape index (κ2) is 5.81. The van der Waals surface area contributed by atoms with E-state index in [2.05, 4.69) is 89.3 Å². The second-order valence-electron chi connectivity index (χ2n) is 6.48. The van der Waals surface area contributed by atoms with Crippen molar-refractivity contribution >= 4 is 21.8 Å². The van der Waals surface area contributed by atoms with Crippen LogP contribution >= 0.6 is 0 Å². The summed E-state index contributed by atoms with van der Waals surface area (Å²) in [5, 5.41) is 2.43. The van der Waals surface area contributed by atoms with E-state index in [1.165, 1.54) is 16.3 Å². The van der Waals surface area contributed by atoms with Gasteiger partial charge in [-0.1, -0.05) is 66.2 Å². The zero-order chi connectivity index (χ0) is 17.5. The molecule has 3 heteroatoms. The molecule has 2 heterocycles. The third-order valence-electron chi connectivity index (χ3n) is 4.77. The minimum absolute atomic E-state index is 0.695. The first-order valence-corrected chi connectivity index (χ1v) is 8.70. The van der Waals surface area contributed by atoms with Crippen LogP contribution in [0.2, 0.25) is 0 Å². The number of nitrogens with zero attached hydrogens (tertiary/aromatic N) is 3. The Labute approximate surface area is 151 Å². The number of fused-ring (bicyclic) bond motifs is 3. The maximum Gasteiger partial charge on any atom is 0.235 e. The van der Waals surface area contributed by atoms with Crippen LogP contribution < -0.4 is 0 Å². The van der Waals surface area contributed by atoms with Gasteiger partial charge in [0, 0.05) is 22.5 Å². The molecule has 2 aromatic heterocycles. The van der Waals surface area contributed by atoms with Crippen molar-refractivity contribution in [3.63, 3.8) is 0 Å². The summed E-state index contributed by atoms with van der Waals surface area (Å²) in [7, 11) is 0. The molecule has 0 spiro atoms. The molecule has 0 saturated carbocycles. The summed E-state index contributed by atoms with van der Waals surface area (Å²) < 4.78 is 2.14.